The van der Waals surface area contributed by atoms with Crippen LogP contribution in [0.25, 0.3) is 10.9 Å². The van der Waals surface area contributed by atoms with Crippen LogP contribution in [-0.4, -0.2) is 9.97 Å². The molecule has 2 aromatic rings. The van der Waals surface area contributed by atoms with Gasteiger partial charge in [0, 0.05) is 5.39 Å². The first-order valence-corrected chi connectivity index (χ1v) is 5.59. The van der Waals surface area contributed by atoms with E-state index in [9.17, 15) is 0 Å². The number of nitrogens with two attached hydrogens (primary N) is 1. The molecule has 0 spiro atoms. The Hall–Kier alpha value is -0.810. The van der Waals surface area contributed by atoms with Gasteiger partial charge in [0.2, 0.25) is 0 Å². The van der Waals surface area contributed by atoms with Gasteiger partial charge in [0.15, 0.2) is 0 Å². The zero-order valence-corrected chi connectivity index (χ0v) is 10.4. The molecule has 0 atom stereocenters. The van der Waals surface area contributed by atoms with Crippen molar-refractivity contribution in [2.45, 2.75) is 29.7 Å². The molecule has 0 aliphatic heterocycles. The van der Waals surface area contributed by atoms with Crippen molar-refractivity contribution in [3.63, 3.8) is 0 Å². The van der Waals surface area contributed by atoms with E-state index >= 15 is 0 Å². The van der Waals surface area contributed by atoms with Crippen molar-refractivity contribution in [2.24, 2.45) is 0 Å². The van der Waals surface area contributed by atoms with E-state index in [1.165, 1.54) is 0 Å². The van der Waals surface area contributed by atoms with Crippen LogP contribution in [0.5, 0.6) is 0 Å². The average Bonchev–Trinajstić information content (AvgIpc) is 2.49. The minimum Gasteiger partial charge on any atom is -0.383 e. The van der Waals surface area contributed by atoms with Crippen molar-refractivity contribution in [1.82, 2.24) is 9.97 Å². The topological polar surface area (TPSA) is 54.7 Å². The van der Waals surface area contributed by atoms with Crippen LogP contribution in [0.3, 0.4) is 0 Å². The molecule has 0 radical (unpaired) electrons. The largest absolute Gasteiger partial charge is 0.383 e. The van der Waals surface area contributed by atoms with Crippen molar-refractivity contribution in [1.29, 1.82) is 0 Å². The van der Waals surface area contributed by atoms with E-state index in [1.807, 2.05) is 0 Å². The first-order valence-electron chi connectivity index (χ1n) is 4.70. The van der Waals surface area contributed by atoms with Crippen molar-refractivity contribution in [2.75, 3.05) is 5.73 Å². The summed E-state index contributed by atoms with van der Waals surface area (Å²) in [6, 6.07) is 0. The number of nitrogens with one attached hydrogen (secondary N) is 1. The Kier molecular flexibility index (Phi) is 2.60. The maximum atomic E-state index is 5.74. The molecule has 0 aliphatic rings. The summed E-state index contributed by atoms with van der Waals surface area (Å²) in [7, 11) is 0. The van der Waals surface area contributed by atoms with Crippen LogP contribution in [0.15, 0.2) is 16.1 Å². The number of nitrogen functional groups attached to an aromatic ring is 1. The molecular weight excluding hydrogens is 226 g/mol. The summed E-state index contributed by atoms with van der Waals surface area (Å²) < 4.78 is 0. The van der Waals surface area contributed by atoms with E-state index in [0.29, 0.717) is 11.7 Å². The highest BCUT2D eigenvalue weighted by atomic mass is 32.1. The van der Waals surface area contributed by atoms with Gasteiger partial charge in [0.25, 0.3) is 0 Å². The van der Waals surface area contributed by atoms with Gasteiger partial charge >= 0.3 is 0 Å². The fourth-order valence-corrected chi connectivity index (χ4v) is 2.55. The van der Waals surface area contributed by atoms with Crippen LogP contribution in [0, 0.1) is 0 Å². The number of nitrogens with zero attached hydrogens (tertiary/aromatic N) is 1. The Morgan fingerprint density at radius 1 is 1.40 bits per heavy atom. The first-order chi connectivity index (χ1) is 7.02. The van der Waals surface area contributed by atoms with Crippen LogP contribution < -0.4 is 5.73 Å². The summed E-state index contributed by atoms with van der Waals surface area (Å²) in [5.41, 5.74) is 7.82. The second kappa shape index (κ2) is 3.64. The van der Waals surface area contributed by atoms with Crippen molar-refractivity contribution in [3.8, 4) is 0 Å². The molecule has 2 aromatic heterocycles. The van der Waals surface area contributed by atoms with Gasteiger partial charge in [-0.2, -0.15) is 0 Å². The predicted octanol–water partition coefficient (Wildman–Crippen LogP) is 2.85. The van der Waals surface area contributed by atoms with Gasteiger partial charge in [0.05, 0.1) is 21.6 Å². The summed E-state index contributed by atoms with van der Waals surface area (Å²) in [4.78, 5) is 7.96. The SMILES string of the molecule is CC(C)c1c(S)[nH]c2cnc(N)c(S)c12. The van der Waals surface area contributed by atoms with Crippen LogP contribution >= 0.6 is 25.3 Å². The summed E-state index contributed by atoms with van der Waals surface area (Å²) in [5, 5.41) is 1.90. The normalized spacial score (nSPS) is 11.5. The highest BCUT2D eigenvalue weighted by Gasteiger charge is 2.16. The lowest BCUT2D eigenvalue weighted by Crippen LogP contribution is -1.93. The minimum absolute atomic E-state index is 0.374. The summed E-state index contributed by atoms with van der Waals surface area (Å²) >= 11 is 8.82. The molecule has 3 nitrogen and oxygen atoms in total. The lowest BCUT2D eigenvalue weighted by atomic mass is 10.0. The second-order valence-corrected chi connectivity index (χ2v) is 4.72. The minimum atomic E-state index is 0.374. The van der Waals surface area contributed by atoms with E-state index < -0.39 is 0 Å². The molecule has 80 valence electrons. The van der Waals surface area contributed by atoms with Crippen molar-refractivity contribution in [3.05, 3.63) is 11.8 Å². The molecule has 0 unspecified atom stereocenters. The summed E-state index contributed by atoms with van der Waals surface area (Å²) in [6.45, 7) is 4.23. The molecule has 0 saturated heterocycles. The Morgan fingerprint density at radius 3 is 2.67 bits per heavy atom. The molecule has 3 N–H and O–H groups in total. The van der Waals surface area contributed by atoms with E-state index in [1.54, 1.807) is 6.20 Å². The molecule has 0 bridgehead atoms. The first kappa shape index (κ1) is 10.7. The average molecular weight is 239 g/mol. The van der Waals surface area contributed by atoms with Crippen molar-refractivity contribution >= 4 is 42.0 Å². The number of thiol groups is 2. The molecule has 0 saturated carbocycles. The highest BCUT2D eigenvalue weighted by Crippen LogP contribution is 2.36. The van der Waals surface area contributed by atoms with Gasteiger partial charge in [-0.25, -0.2) is 4.98 Å². The summed E-state index contributed by atoms with van der Waals surface area (Å²) in [5.74, 6) is 0.832. The molecule has 0 aromatic carbocycles. The van der Waals surface area contributed by atoms with Gasteiger partial charge in [-0.3, -0.25) is 0 Å². The molecule has 2 rings (SSSR count). The molecule has 0 aliphatic carbocycles. The number of anilines is 1. The number of rotatable bonds is 1. The second-order valence-electron chi connectivity index (χ2n) is 3.82. The highest BCUT2D eigenvalue weighted by molar-refractivity contribution is 7.81. The maximum absolute atomic E-state index is 5.74. The monoisotopic (exact) mass is 239 g/mol. The maximum Gasteiger partial charge on any atom is 0.137 e. The van der Waals surface area contributed by atoms with Crippen LogP contribution in [-0.2, 0) is 0 Å². The van der Waals surface area contributed by atoms with E-state index in [4.69, 9.17) is 5.73 Å². The van der Waals surface area contributed by atoms with E-state index in [0.717, 1.165) is 26.4 Å². The van der Waals surface area contributed by atoms with Crippen LogP contribution in [0.4, 0.5) is 5.82 Å². The van der Waals surface area contributed by atoms with Gasteiger partial charge < -0.3 is 10.7 Å². The van der Waals surface area contributed by atoms with Gasteiger partial charge in [0.1, 0.15) is 5.82 Å². The fraction of sp³-hybridized carbons (Fsp3) is 0.300. The number of fused-ring (bicyclic) bond motifs is 1. The molecule has 0 amide bonds. The third-order valence-corrected chi connectivity index (χ3v) is 3.24. The molecule has 0 fully saturated rings. The smallest absolute Gasteiger partial charge is 0.137 e. The van der Waals surface area contributed by atoms with Gasteiger partial charge in [-0.1, -0.05) is 13.8 Å². The standard InChI is InChI=1S/C10H13N3S2/c1-4(2)6-7-5(13-10(6)15)3-12-9(11)8(7)14/h3-4,13-15H,1-2H3,(H2,11,12). The fourth-order valence-electron chi connectivity index (χ4n) is 1.76. The third kappa shape index (κ3) is 1.59. The lowest BCUT2D eigenvalue weighted by Gasteiger charge is -2.06. The number of hydrogen-bond acceptors (Lipinski definition) is 4. The lowest BCUT2D eigenvalue weighted by molar-refractivity contribution is 0.845. The Bertz CT molecular complexity index is 517. The molecule has 2 heterocycles. The van der Waals surface area contributed by atoms with E-state index in [2.05, 4.69) is 49.1 Å². The molecule has 5 heteroatoms. The molecular formula is C10H13N3S2. The zero-order valence-electron chi connectivity index (χ0n) is 8.57. The number of hydrogen-bond donors (Lipinski definition) is 4. The summed E-state index contributed by atoms with van der Waals surface area (Å²) in [6.07, 6.45) is 1.72. The van der Waals surface area contributed by atoms with Crippen molar-refractivity contribution < 1.29 is 0 Å². The Balaban J connectivity index is 2.90. The number of pyridine rings is 1. The number of H-pyrrole nitrogens is 1. The zero-order chi connectivity index (χ0) is 11.2. The quantitative estimate of drug-likeness (QED) is 0.578. The Labute approximate surface area is 99.3 Å². The van der Waals surface area contributed by atoms with Crippen LogP contribution in [0.2, 0.25) is 0 Å². The predicted molar refractivity (Wildman–Crippen MR) is 69.1 cm³/mol. The number of aromatic nitrogens is 2. The third-order valence-electron chi connectivity index (χ3n) is 2.44. The van der Waals surface area contributed by atoms with Crippen LogP contribution in [0.1, 0.15) is 25.3 Å². The van der Waals surface area contributed by atoms with E-state index in [-0.39, 0.29) is 0 Å². The Morgan fingerprint density at radius 2 is 2.07 bits per heavy atom. The number of aromatic amines is 1. The van der Waals surface area contributed by atoms with Gasteiger partial charge in [-0.05, 0) is 11.5 Å². The molecule has 15 heavy (non-hydrogen) atoms. The van der Waals surface area contributed by atoms with Gasteiger partial charge in [-0.15, -0.1) is 25.3 Å².